The van der Waals surface area contributed by atoms with E-state index in [1.807, 2.05) is 67.6 Å². The number of nitrogens with zero attached hydrogens (tertiary/aromatic N) is 3. The predicted molar refractivity (Wildman–Crippen MR) is 125 cm³/mol. The fourth-order valence-electron chi connectivity index (χ4n) is 3.70. The fourth-order valence-corrected chi connectivity index (χ4v) is 3.70. The molecule has 0 bridgehead atoms. The van der Waals surface area contributed by atoms with Gasteiger partial charge in [0.2, 0.25) is 0 Å². The van der Waals surface area contributed by atoms with Crippen LogP contribution in [0, 0.1) is 6.92 Å². The Bertz CT molecular complexity index is 1470. The van der Waals surface area contributed by atoms with E-state index in [-0.39, 0.29) is 5.43 Å². The van der Waals surface area contributed by atoms with E-state index in [1.165, 1.54) is 0 Å². The van der Waals surface area contributed by atoms with Crippen molar-refractivity contribution < 1.29 is 0 Å². The number of hydrogen-bond donors (Lipinski definition) is 1. The minimum Gasteiger partial charge on any atom is -0.379 e. The van der Waals surface area contributed by atoms with Crippen LogP contribution in [0.4, 0.5) is 5.69 Å². The Morgan fingerprint density at radius 3 is 2.52 bits per heavy atom. The summed E-state index contributed by atoms with van der Waals surface area (Å²) in [5, 5.41) is 5.53. The normalized spacial score (nSPS) is 11.0. The van der Waals surface area contributed by atoms with Crippen molar-refractivity contribution in [3.8, 4) is 11.1 Å². The molecule has 0 amide bonds. The third kappa shape index (κ3) is 3.73. The molecule has 5 aromatic rings. The summed E-state index contributed by atoms with van der Waals surface area (Å²) in [6.45, 7) is 2.64. The Morgan fingerprint density at radius 1 is 0.839 bits per heavy atom. The van der Waals surface area contributed by atoms with Gasteiger partial charge in [0.15, 0.2) is 5.43 Å². The molecule has 5 rings (SSSR count). The second-order valence-corrected chi connectivity index (χ2v) is 7.48. The van der Waals surface area contributed by atoms with Crippen molar-refractivity contribution in [2.24, 2.45) is 0 Å². The maximum Gasteiger partial charge on any atom is 0.195 e. The van der Waals surface area contributed by atoms with Crippen LogP contribution in [0.1, 0.15) is 11.3 Å². The Morgan fingerprint density at radius 2 is 1.68 bits per heavy atom. The lowest BCUT2D eigenvalue weighted by molar-refractivity contribution is 1.02. The Balaban J connectivity index is 1.59. The molecule has 3 aromatic heterocycles. The topological polar surface area (TPSA) is 67.8 Å². The second kappa shape index (κ2) is 7.95. The van der Waals surface area contributed by atoms with Gasteiger partial charge in [0.25, 0.3) is 0 Å². The molecule has 0 atom stereocenters. The van der Waals surface area contributed by atoms with Crippen molar-refractivity contribution in [2.75, 3.05) is 5.32 Å². The number of aromatic nitrogens is 3. The number of aryl methyl sites for hydroxylation is 1. The molecule has 0 fully saturated rings. The van der Waals surface area contributed by atoms with Gasteiger partial charge < -0.3 is 5.32 Å². The van der Waals surface area contributed by atoms with E-state index in [4.69, 9.17) is 0 Å². The van der Waals surface area contributed by atoms with Crippen molar-refractivity contribution in [1.82, 2.24) is 15.0 Å². The smallest absolute Gasteiger partial charge is 0.195 e. The first-order valence-electron chi connectivity index (χ1n) is 10.1. The average molecular weight is 404 g/mol. The van der Waals surface area contributed by atoms with Gasteiger partial charge in [-0.2, -0.15) is 0 Å². The Kier molecular flexibility index (Phi) is 4.84. The average Bonchev–Trinajstić information content (AvgIpc) is 2.95. The molecule has 5 heteroatoms. The number of benzene rings is 1. The highest BCUT2D eigenvalue weighted by Crippen LogP contribution is 2.23. The van der Waals surface area contributed by atoms with Crippen molar-refractivity contribution in [3.05, 3.63) is 107 Å². The quantitative estimate of drug-likeness (QED) is 0.450. The van der Waals surface area contributed by atoms with E-state index in [1.54, 1.807) is 24.8 Å². The molecule has 0 aliphatic carbocycles. The zero-order chi connectivity index (χ0) is 21.2. The van der Waals surface area contributed by atoms with Gasteiger partial charge in [0, 0.05) is 46.8 Å². The van der Waals surface area contributed by atoms with Crippen molar-refractivity contribution >= 4 is 27.4 Å². The van der Waals surface area contributed by atoms with E-state index in [9.17, 15) is 4.79 Å². The van der Waals surface area contributed by atoms with Crippen molar-refractivity contribution in [2.45, 2.75) is 13.5 Å². The van der Waals surface area contributed by atoms with E-state index in [2.05, 4.69) is 20.3 Å². The van der Waals surface area contributed by atoms with Gasteiger partial charge in [0.1, 0.15) is 0 Å². The van der Waals surface area contributed by atoms with E-state index in [0.717, 1.165) is 33.5 Å². The minimum atomic E-state index is -0.0314. The second-order valence-electron chi connectivity index (χ2n) is 7.48. The summed E-state index contributed by atoms with van der Waals surface area (Å²) in [7, 11) is 0. The zero-order valence-electron chi connectivity index (χ0n) is 17.0. The molecule has 0 unspecified atom stereocenters. The molecule has 0 spiro atoms. The first-order valence-corrected chi connectivity index (χ1v) is 10.1. The highest BCUT2D eigenvalue weighted by Gasteiger charge is 2.08. The highest BCUT2D eigenvalue weighted by atomic mass is 16.1. The monoisotopic (exact) mass is 404 g/mol. The number of anilines is 1. The lowest BCUT2D eigenvalue weighted by atomic mass is 10.1. The summed E-state index contributed by atoms with van der Waals surface area (Å²) in [6.07, 6.45) is 7.06. The van der Waals surface area contributed by atoms with Gasteiger partial charge in [-0.15, -0.1) is 0 Å². The van der Waals surface area contributed by atoms with E-state index in [0.29, 0.717) is 22.8 Å². The SMILES string of the molecule is Cc1cccnc1CNc1ccc2ccc3ncc(-c4ccncc4)cc3c(=O)c2c1. The lowest BCUT2D eigenvalue weighted by Crippen LogP contribution is -2.04. The molecule has 0 aliphatic heterocycles. The van der Waals surface area contributed by atoms with E-state index < -0.39 is 0 Å². The maximum atomic E-state index is 13.5. The van der Waals surface area contributed by atoms with Gasteiger partial charge in [-0.1, -0.05) is 18.2 Å². The third-order valence-electron chi connectivity index (χ3n) is 5.47. The maximum absolute atomic E-state index is 13.5. The molecule has 3 heterocycles. The van der Waals surface area contributed by atoms with Crippen LogP contribution in [0.5, 0.6) is 0 Å². The van der Waals surface area contributed by atoms with Crippen molar-refractivity contribution in [3.63, 3.8) is 0 Å². The molecule has 0 radical (unpaired) electrons. The molecule has 31 heavy (non-hydrogen) atoms. The third-order valence-corrected chi connectivity index (χ3v) is 5.47. The summed E-state index contributed by atoms with van der Waals surface area (Å²) < 4.78 is 0. The van der Waals surface area contributed by atoms with Crippen molar-refractivity contribution in [1.29, 1.82) is 0 Å². The molecular weight excluding hydrogens is 384 g/mol. The van der Waals surface area contributed by atoms with Crippen LogP contribution in [0.2, 0.25) is 0 Å². The van der Waals surface area contributed by atoms with Gasteiger partial charge in [-0.05, 0) is 65.9 Å². The first kappa shape index (κ1) is 18.9. The number of nitrogens with one attached hydrogen (secondary N) is 1. The predicted octanol–water partition coefficient (Wildman–Crippen LogP) is 5.13. The first-order chi connectivity index (χ1) is 15.2. The molecular formula is C26H20N4O. The Labute approximate surface area is 179 Å². The van der Waals surface area contributed by atoms with Crippen LogP contribution >= 0.6 is 0 Å². The molecule has 5 nitrogen and oxygen atoms in total. The summed E-state index contributed by atoms with van der Waals surface area (Å²) in [4.78, 5) is 26.5. The number of hydrogen-bond acceptors (Lipinski definition) is 5. The van der Waals surface area contributed by atoms with Gasteiger partial charge in [-0.25, -0.2) is 0 Å². The summed E-state index contributed by atoms with van der Waals surface area (Å²) in [5.74, 6) is 0. The largest absolute Gasteiger partial charge is 0.379 e. The van der Waals surface area contributed by atoms with Gasteiger partial charge in [-0.3, -0.25) is 19.7 Å². The van der Waals surface area contributed by atoms with Crippen LogP contribution in [0.3, 0.4) is 0 Å². The number of pyridine rings is 3. The summed E-state index contributed by atoms with van der Waals surface area (Å²) in [5.41, 5.74) is 5.52. The van der Waals surface area contributed by atoms with Crippen LogP contribution < -0.4 is 10.7 Å². The summed E-state index contributed by atoms with van der Waals surface area (Å²) in [6, 6.07) is 19.4. The molecule has 0 aliphatic rings. The minimum absolute atomic E-state index is 0.0314. The van der Waals surface area contributed by atoms with Crippen LogP contribution in [0.25, 0.3) is 32.8 Å². The molecule has 1 N–H and O–H groups in total. The number of fused-ring (bicyclic) bond motifs is 2. The molecule has 150 valence electrons. The highest BCUT2D eigenvalue weighted by molar-refractivity contribution is 5.94. The van der Waals surface area contributed by atoms with Crippen LogP contribution in [-0.4, -0.2) is 15.0 Å². The van der Waals surface area contributed by atoms with Crippen LogP contribution in [-0.2, 0) is 6.54 Å². The molecule has 2 aromatic carbocycles. The van der Waals surface area contributed by atoms with Gasteiger partial charge in [0.05, 0.1) is 17.8 Å². The zero-order valence-corrected chi connectivity index (χ0v) is 17.0. The fraction of sp³-hybridized carbons (Fsp3) is 0.0769. The Hall–Kier alpha value is -4.12. The van der Waals surface area contributed by atoms with Gasteiger partial charge >= 0.3 is 0 Å². The van der Waals surface area contributed by atoms with E-state index >= 15 is 0 Å². The molecule has 0 saturated heterocycles. The summed E-state index contributed by atoms with van der Waals surface area (Å²) >= 11 is 0. The number of rotatable bonds is 4. The standard InChI is InChI=1S/C26H20N4O/c1-17-3-2-10-28-25(17)16-29-21-6-4-19-5-7-24-23(26(31)22(19)14-21)13-20(15-30-24)18-8-11-27-12-9-18/h2-15,29H,16H2,1H3. The molecule has 0 saturated carbocycles. The lowest BCUT2D eigenvalue weighted by Gasteiger charge is -2.08. The van der Waals surface area contributed by atoms with Crippen LogP contribution in [0.15, 0.2) is 90.2 Å².